The molecule has 2 N–H and O–H groups in total. The predicted octanol–water partition coefficient (Wildman–Crippen LogP) is 2.09. The van der Waals surface area contributed by atoms with Crippen LogP contribution in [0.1, 0.15) is 31.9 Å². The lowest BCUT2D eigenvalue weighted by Crippen LogP contribution is -2.37. The van der Waals surface area contributed by atoms with Gasteiger partial charge in [0.1, 0.15) is 5.75 Å². The lowest BCUT2D eigenvalue weighted by Gasteiger charge is -2.21. The minimum atomic E-state index is -3.56. The zero-order valence-electron chi connectivity index (χ0n) is 12.4. The third-order valence-electron chi connectivity index (χ3n) is 2.95. The standard InChI is InChI=1S/C14H21ClN2O3S/c1-10(2)8-13(11-4-6-12(15)7-5-11)17-14(18)9-21(19,20)16-3/h4-7,10,13,16H,8-9H2,1-3H3,(H,17,18)/t13-/m0/s1. The van der Waals surface area contributed by atoms with Crippen molar-refractivity contribution >= 4 is 27.5 Å². The number of amides is 1. The summed E-state index contributed by atoms with van der Waals surface area (Å²) in [6, 6.07) is 6.94. The van der Waals surface area contributed by atoms with Crippen LogP contribution < -0.4 is 10.0 Å². The van der Waals surface area contributed by atoms with Gasteiger partial charge in [0.15, 0.2) is 0 Å². The Labute approximate surface area is 131 Å². The number of sulfonamides is 1. The summed E-state index contributed by atoms with van der Waals surface area (Å²) in [4.78, 5) is 11.9. The molecule has 21 heavy (non-hydrogen) atoms. The second-order valence-electron chi connectivity index (χ2n) is 5.26. The summed E-state index contributed by atoms with van der Waals surface area (Å²) in [5, 5.41) is 3.39. The zero-order chi connectivity index (χ0) is 16.0. The maximum Gasteiger partial charge on any atom is 0.237 e. The van der Waals surface area contributed by atoms with Gasteiger partial charge < -0.3 is 5.32 Å². The van der Waals surface area contributed by atoms with Gasteiger partial charge in [-0.3, -0.25) is 4.79 Å². The fraction of sp³-hybridized carbons (Fsp3) is 0.500. The van der Waals surface area contributed by atoms with Crippen LogP contribution in [0.5, 0.6) is 0 Å². The third-order valence-corrected chi connectivity index (χ3v) is 4.46. The van der Waals surface area contributed by atoms with Crippen molar-refractivity contribution in [2.75, 3.05) is 12.8 Å². The molecule has 1 aromatic carbocycles. The van der Waals surface area contributed by atoms with E-state index in [0.29, 0.717) is 17.4 Å². The largest absolute Gasteiger partial charge is 0.348 e. The molecule has 0 saturated heterocycles. The third kappa shape index (κ3) is 6.46. The molecule has 0 aliphatic heterocycles. The zero-order valence-corrected chi connectivity index (χ0v) is 14.0. The van der Waals surface area contributed by atoms with E-state index in [1.165, 1.54) is 7.05 Å². The first kappa shape index (κ1) is 17.9. The summed E-state index contributed by atoms with van der Waals surface area (Å²) in [6.07, 6.45) is 0.715. The Morgan fingerprint density at radius 3 is 2.29 bits per heavy atom. The average Bonchev–Trinajstić information content (AvgIpc) is 2.37. The highest BCUT2D eigenvalue weighted by Gasteiger charge is 2.20. The molecule has 0 aliphatic rings. The van der Waals surface area contributed by atoms with Gasteiger partial charge in [0, 0.05) is 5.02 Å². The van der Waals surface area contributed by atoms with Crippen LogP contribution in [0.25, 0.3) is 0 Å². The summed E-state index contributed by atoms with van der Waals surface area (Å²) in [5.74, 6) is -0.747. The highest BCUT2D eigenvalue weighted by Crippen LogP contribution is 2.22. The molecule has 118 valence electrons. The van der Waals surface area contributed by atoms with Crippen LogP contribution in [0.3, 0.4) is 0 Å². The maximum absolute atomic E-state index is 11.9. The second-order valence-corrected chi connectivity index (χ2v) is 7.63. The van der Waals surface area contributed by atoms with Crippen molar-refractivity contribution in [2.45, 2.75) is 26.3 Å². The molecule has 0 radical (unpaired) electrons. The van der Waals surface area contributed by atoms with Crippen LogP contribution in [0.2, 0.25) is 5.02 Å². The number of benzene rings is 1. The molecule has 0 aromatic heterocycles. The molecule has 0 heterocycles. The molecule has 1 rings (SSSR count). The minimum absolute atomic E-state index is 0.234. The van der Waals surface area contributed by atoms with Crippen LogP contribution in [0, 0.1) is 5.92 Å². The van der Waals surface area contributed by atoms with Gasteiger partial charge >= 0.3 is 0 Å². The molecular formula is C14H21ClN2O3S. The van der Waals surface area contributed by atoms with E-state index in [0.717, 1.165) is 5.56 Å². The molecule has 1 aromatic rings. The number of nitrogens with one attached hydrogen (secondary N) is 2. The Hall–Kier alpha value is -1.11. The van der Waals surface area contributed by atoms with E-state index < -0.39 is 21.7 Å². The van der Waals surface area contributed by atoms with Crippen LogP contribution in [0.4, 0.5) is 0 Å². The Balaban J connectivity index is 2.84. The van der Waals surface area contributed by atoms with Crippen molar-refractivity contribution in [3.63, 3.8) is 0 Å². The molecule has 5 nitrogen and oxygen atoms in total. The lowest BCUT2D eigenvalue weighted by atomic mass is 9.97. The maximum atomic E-state index is 11.9. The molecule has 1 amide bonds. The van der Waals surface area contributed by atoms with Crippen molar-refractivity contribution in [3.05, 3.63) is 34.9 Å². The van der Waals surface area contributed by atoms with Gasteiger partial charge in [-0.05, 0) is 37.1 Å². The average molecular weight is 333 g/mol. The van der Waals surface area contributed by atoms with Crippen LogP contribution in [0.15, 0.2) is 24.3 Å². The first-order valence-corrected chi connectivity index (χ1v) is 8.72. The fourth-order valence-electron chi connectivity index (χ4n) is 1.93. The fourth-order valence-corrected chi connectivity index (χ4v) is 2.62. The Kier molecular flexibility index (Phi) is 6.64. The highest BCUT2D eigenvalue weighted by atomic mass is 35.5. The normalized spacial score (nSPS) is 13.2. The van der Waals surface area contributed by atoms with Gasteiger partial charge in [-0.25, -0.2) is 13.1 Å². The summed E-state index contributed by atoms with van der Waals surface area (Å²) >= 11 is 5.86. The van der Waals surface area contributed by atoms with Gasteiger partial charge in [-0.2, -0.15) is 0 Å². The molecule has 0 spiro atoms. The van der Waals surface area contributed by atoms with Crippen molar-refractivity contribution < 1.29 is 13.2 Å². The van der Waals surface area contributed by atoms with E-state index >= 15 is 0 Å². The first-order chi connectivity index (χ1) is 9.73. The number of rotatable bonds is 7. The smallest absolute Gasteiger partial charge is 0.237 e. The first-order valence-electron chi connectivity index (χ1n) is 6.69. The van der Waals surface area contributed by atoms with Crippen molar-refractivity contribution in [1.29, 1.82) is 0 Å². The Bertz CT molecular complexity index is 570. The molecular weight excluding hydrogens is 312 g/mol. The van der Waals surface area contributed by atoms with Gasteiger partial charge in [0.2, 0.25) is 15.9 Å². The minimum Gasteiger partial charge on any atom is -0.348 e. The van der Waals surface area contributed by atoms with E-state index in [-0.39, 0.29) is 6.04 Å². The van der Waals surface area contributed by atoms with Gasteiger partial charge in [0.05, 0.1) is 6.04 Å². The lowest BCUT2D eigenvalue weighted by molar-refractivity contribution is -0.119. The molecule has 0 fully saturated rings. The number of hydrogen-bond donors (Lipinski definition) is 2. The van der Waals surface area contributed by atoms with Gasteiger partial charge in [-0.15, -0.1) is 0 Å². The van der Waals surface area contributed by atoms with Crippen LogP contribution in [-0.4, -0.2) is 27.1 Å². The van der Waals surface area contributed by atoms with E-state index in [9.17, 15) is 13.2 Å². The van der Waals surface area contributed by atoms with E-state index in [2.05, 4.69) is 10.0 Å². The number of carbonyl (C=O) groups excluding carboxylic acids is 1. The highest BCUT2D eigenvalue weighted by molar-refractivity contribution is 7.90. The SMILES string of the molecule is CNS(=O)(=O)CC(=O)N[C@@H](CC(C)C)c1ccc(Cl)cc1. The van der Waals surface area contributed by atoms with Crippen LogP contribution in [-0.2, 0) is 14.8 Å². The molecule has 0 saturated carbocycles. The monoisotopic (exact) mass is 332 g/mol. The van der Waals surface area contributed by atoms with Gasteiger partial charge in [-0.1, -0.05) is 37.6 Å². The summed E-state index contributed by atoms with van der Waals surface area (Å²) in [5.41, 5.74) is 0.906. The van der Waals surface area contributed by atoms with Crippen molar-refractivity contribution in [2.24, 2.45) is 5.92 Å². The molecule has 0 unspecified atom stereocenters. The van der Waals surface area contributed by atoms with E-state index in [4.69, 9.17) is 11.6 Å². The molecule has 1 atom stereocenters. The molecule has 0 aliphatic carbocycles. The second kappa shape index (κ2) is 7.77. The topological polar surface area (TPSA) is 75.3 Å². The summed E-state index contributed by atoms with van der Waals surface area (Å²) in [6.45, 7) is 4.08. The van der Waals surface area contributed by atoms with Crippen molar-refractivity contribution in [1.82, 2.24) is 10.0 Å². The van der Waals surface area contributed by atoms with Crippen LogP contribution >= 0.6 is 11.6 Å². The summed E-state index contributed by atoms with van der Waals surface area (Å²) in [7, 11) is -2.28. The van der Waals surface area contributed by atoms with E-state index in [1.54, 1.807) is 12.1 Å². The Morgan fingerprint density at radius 1 is 1.24 bits per heavy atom. The Morgan fingerprint density at radius 2 is 1.81 bits per heavy atom. The molecule has 0 bridgehead atoms. The quantitative estimate of drug-likeness (QED) is 0.802. The van der Waals surface area contributed by atoms with Crippen molar-refractivity contribution in [3.8, 4) is 0 Å². The number of carbonyl (C=O) groups is 1. The number of halogens is 1. The summed E-state index contributed by atoms with van der Waals surface area (Å²) < 4.78 is 24.9. The van der Waals surface area contributed by atoms with Gasteiger partial charge in [0.25, 0.3) is 0 Å². The predicted molar refractivity (Wildman–Crippen MR) is 84.6 cm³/mol. The number of hydrogen-bond acceptors (Lipinski definition) is 3. The molecule has 7 heteroatoms. The van der Waals surface area contributed by atoms with E-state index in [1.807, 2.05) is 26.0 Å².